The number of amides is 2. The van der Waals surface area contributed by atoms with E-state index < -0.39 is 5.82 Å². The Hall–Kier alpha value is -1.62. The van der Waals surface area contributed by atoms with Gasteiger partial charge in [0.05, 0.1) is 13.0 Å². The molecule has 1 aromatic carbocycles. The van der Waals surface area contributed by atoms with E-state index in [4.69, 9.17) is 11.6 Å². The van der Waals surface area contributed by atoms with E-state index in [0.29, 0.717) is 0 Å². The Labute approximate surface area is 129 Å². The lowest BCUT2D eigenvalue weighted by Gasteiger charge is -2.23. The van der Waals surface area contributed by atoms with Crippen LogP contribution in [0, 0.1) is 5.82 Å². The van der Waals surface area contributed by atoms with Gasteiger partial charge in [0.1, 0.15) is 5.82 Å². The van der Waals surface area contributed by atoms with Crippen LogP contribution in [0.15, 0.2) is 18.2 Å². The number of carbonyl (C=O) groups excluding carboxylic acids is 2. The van der Waals surface area contributed by atoms with Gasteiger partial charge in [-0.1, -0.05) is 17.7 Å². The summed E-state index contributed by atoms with van der Waals surface area (Å²) >= 11 is 5.88. The molecular weight excluding hydrogens is 295 g/mol. The van der Waals surface area contributed by atoms with Gasteiger partial charge < -0.3 is 10.2 Å². The van der Waals surface area contributed by atoms with Crippen LogP contribution in [0.4, 0.5) is 4.39 Å². The van der Waals surface area contributed by atoms with Gasteiger partial charge in [-0.15, -0.1) is 0 Å². The van der Waals surface area contributed by atoms with Crippen LogP contribution >= 0.6 is 11.6 Å². The van der Waals surface area contributed by atoms with Gasteiger partial charge in [0.2, 0.25) is 11.8 Å². The molecule has 0 aliphatic carbocycles. The molecule has 2 amide bonds. The highest BCUT2D eigenvalue weighted by Gasteiger charge is 2.19. The highest BCUT2D eigenvalue weighted by atomic mass is 35.5. The van der Waals surface area contributed by atoms with E-state index in [2.05, 4.69) is 5.32 Å². The number of nitrogens with one attached hydrogen (secondary N) is 1. The van der Waals surface area contributed by atoms with Gasteiger partial charge in [-0.25, -0.2) is 4.39 Å². The fraction of sp³-hybridized carbons (Fsp3) is 0.467. The van der Waals surface area contributed by atoms with E-state index in [0.717, 1.165) is 0 Å². The summed E-state index contributed by atoms with van der Waals surface area (Å²) in [7, 11) is 1.50. The minimum absolute atomic E-state index is 0.0812. The van der Waals surface area contributed by atoms with Gasteiger partial charge in [0.15, 0.2) is 0 Å². The predicted molar refractivity (Wildman–Crippen MR) is 80.6 cm³/mol. The summed E-state index contributed by atoms with van der Waals surface area (Å²) in [6.07, 6.45) is -0.176. The minimum Gasteiger partial charge on any atom is -0.350 e. The molecule has 0 aromatic heterocycles. The van der Waals surface area contributed by atoms with Crippen LogP contribution < -0.4 is 5.32 Å². The topological polar surface area (TPSA) is 49.4 Å². The van der Waals surface area contributed by atoms with E-state index in [1.807, 2.05) is 20.8 Å². The highest BCUT2D eigenvalue weighted by molar-refractivity contribution is 6.31. The summed E-state index contributed by atoms with van der Waals surface area (Å²) in [5.41, 5.74) is -0.220. The Morgan fingerprint density at radius 3 is 2.48 bits per heavy atom. The monoisotopic (exact) mass is 314 g/mol. The molecule has 6 heteroatoms. The summed E-state index contributed by atoms with van der Waals surface area (Å²) in [6, 6.07) is 4.26. The summed E-state index contributed by atoms with van der Waals surface area (Å²) in [5.74, 6) is -1.16. The quantitative estimate of drug-likeness (QED) is 0.927. The molecule has 0 saturated carbocycles. The van der Waals surface area contributed by atoms with Crippen molar-refractivity contribution in [2.45, 2.75) is 32.7 Å². The summed E-state index contributed by atoms with van der Waals surface area (Å²) in [6.45, 7) is 5.48. The highest BCUT2D eigenvalue weighted by Crippen LogP contribution is 2.19. The van der Waals surface area contributed by atoms with Crippen molar-refractivity contribution in [3.8, 4) is 0 Å². The molecule has 0 saturated heterocycles. The van der Waals surface area contributed by atoms with E-state index in [9.17, 15) is 14.0 Å². The molecule has 0 fully saturated rings. The van der Waals surface area contributed by atoms with E-state index >= 15 is 0 Å². The number of benzene rings is 1. The Bertz CT molecular complexity index is 521. The maximum Gasteiger partial charge on any atom is 0.240 e. The number of carbonyl (C=O) groups is 2. The third kappa shape index (κ3) is 5.71. The first kappa shape index (κ1) is 17.4. The number of halogens is 2. The molecule has 21 heavy (non-hydrogen) atoms. The molecule has 1 aromatic rings. The van der Waals surface area contributed by atoms with Crippen molar-refractivity contribution < 1.29 is 14.0 Å². The number of nitrogens with zero attached hydrogens (tertiary/aromatic N) is 1. The molecule has 1 N–H and O–H groups in total. The summed E-state index contributed by atoms with van der Waals surface area (Å²) in [4.78, 5) is 25.0. The maximum atomic E-state index is 13.6. The van der Waals surface area contributed by atoms with Crippen LogP contribution in [0.3, 0.4) is 0 Å². The Morgan fingerprint density at radius 2 is 1.95 bits per heavy atom. The van der Waals surface area contributed by atoms with Crippen molar-refractivity contribution >= 4 is 23.4 Å². The largest absolute Gasteiger partial charge is 0.350 e. The van der Waals surface area contributed by atoms with E-state index in [1.165, 1.54) is 30.1 Å². The number of likely N-dealkylation sites (N-methyl/N-ethyl adjacent to an activating group) is 1. The molecule has 4 nitrogen and oxygen atoms in total. The standard InChI is InChI=1S/C15H20ClFN2O2/c1-15(2,3)18-13(20)9-19(4)14(21)8-10-11(16)6-5-7-12(10)17/h5-7H,8-9H2,1-4H3,(H,18,20). The van der Waals surface area contributed by atoms with Crippen LogP contribution in [0.5, 0.6) is 0 Å². The summed E-state index contributed by atoms with van der Waals surface area (Å²) < 4.78 is 13.6. The smallest absolute Gasteiger partial charge is 0.240 e. The average molecular weight is 315 g/mol. The maximum absolute atomic E-state index is 13.6. The third-order valence-corrected chi connectivity index (χ3v) is 3.06. The van der Waals surface area contributed by atoms with Crippen LogP contribution in [0.25, 0.3) is 0 Å². The fourth-order valence-corrected chi connectivity index (χ4v) is 1.98. The van der Waals surface area contributed by atoms with Gasteiger partial charge in [0, 0.05) is 23.2 Å². The zero-order chi connectivity index (χ0) is 16.2. The van der Waals surface area contributed by atoms with Crippen molar-refractivity contribution in [1.29, 1.82) is 0 Å². The van der Waals surface area contributed by atoms with Gasteiger partial charge in [0.25, 0.3) is 0 Å². The average Bonchev–Trinajstić information content (AvgIpc) is 2.31. The zero-order valence-electron chi connectivity index (χ0n) is 12.7. The number of hydrogen-bond acceptors (Lipinski definition) is 2. The zero-order valence-corrected chi connectivity index (χ0v) is 13.4. The van der Waals surface area contributed by atoms with Crippen LogP contribution in [-0.2, 0) is 16.0 Å². The first-order valence-electron chi connectivity index (χ1n) is 6.58. The molecule has 0 unspecified atom stereocenters. The normalized spacial score (nSPS) is 11.1. The van der Waals surface area contributed by atoms with Gasteiger partial charge in [-0.2, -0.15) is 0 Å². The van der Waals surface area contributed by atoms with Gasteiger partial charge in [-0.05, 0) is 32.9 Å². The van der Waals surface area contributed by atoms with E-state index in [-0.39, 0.29) is 40.9 Å². The van der Waals surface area contributed by atoms with Gasteiger partial charge >= 0.3 is 0 Å². The Kier molecular flexibility index (Phi) is 5.72. The lowest BCUT2D eigenvalue weighted by Crippen LogP contribution is -2.46. The van der Waals surface area contributed by atoms with Crippen molar-refractivity contribution in [2.24, 2.45) is 0 Å². The van der Waals surface area contributed by atoms with Crippen LogP contribution in [-0.4, -0.2) is 35.8 Å². The van der Waals surface area contributed by atoms with Crippen LogP contribution in [0.2, 0.25) is 5.02 Å². The first-order chi connectivity index (χ1) is 9.60. The second kappa shape index (κ2) is 6.89. The molecular formula is C15H20ClFN2O2. The molecule has 0 bridgehead atoms. The molecule has 0 aliphatic rings. The molecule has 0 atom stereocenters. The number of hydrogen-bond donors (Lipinski definition) is 1. The molecule has 116 valence electrons. The molecule has 0 aliphatic heterocycles. The second-order valence-electron chi connectivity index (χ2n) is 5.92. The predicted octanol–water partition coefficient (Wildman–Crippen LogP) is 2.39. The Balaban J connectivity index is 2.65. The summed E-state index contributed by atoms with van der Waals surface area (Å²) in [5, 5.41) is 2.96. The lowest BCUT2D eigenvalue weighted by molar-refractivity contribution is -0.134. The van der Waals surface area contributed by atoms with Gasteiger partial charge in [-0.3, -0.25) is 9.59 Å². The fourth-order valence-electron chi connectivity index (χ4n) is 1.75. The van der Waals surface area contributed by atoms with Crippen molar-refractivity contribution in [2.75, 3.05) is 13.6 Å². The van der Waals surface area contributed by atoms with E-state index in [1.54, 1.807) is 0 Å². The molecule has 1 rings (SSSR count). The lowest BCUT2D eigenvalue weighted by atomic mass is 10.1. The molecule has 0 spiro atoms. The first-order valence-corrected chi connectivity index (χ1v) is 6.96. The SMILES string of the molecule is CN(CC(=O)NC(C)(C)C)C(=O)Cc1c(F)cccc1Cl. The number of rotatable bonds is 4. The third-order valence-electron chi connectivity index (χ3n) is 2.71. The van der Waals surface area contributed by atoms with Crippen molar-refractivity contribution in [3.05, 3.63) is 34.6 Å². The van der Waals surface area contributed by atoms with Crippen molar-refractivity contribution in [1.82, 2.24) is 10.2 Å². The van der Waals surface area contributed by atoms with Crippen LogP contribution in [0.1, 0.15) is 26.3 Å². The molecule has 0 radical (unpaired) electrons. The minimum atomic E-state index is -0.525. The molecule has 0 heterocycles. The Morgan fingerprint density at radius 1 is 1.33 bits per heavy atom. The van der Waals surface area contributed by atoms with Crippen molar-refractivity contribution in [3.63, 3.8) is 0 Å². The second-order valence-corrected chi connectivity index (χ2v) is 6.33.